The summed E-state index contributed by atoms with van der Waals surface area (Å²) in [7, 11) is 0. The van der Waals surface area contributed by atoms with E-state index in [1.807, 2.05) is 44.2 Å². The van der Waals surface area contributed by atoms with Gasteiger partial charge in [0.05, 0.1) is 12.3 Å². The van der Waals surface area contributed by atoms with Crippen molar-refractivity contribution in [2.45, 2.75) is 32.8 Å². The molecular weight excluding hydrogens is 338 g/mol. The summed E-state index contributed by atoms with van der Waals surface area (Å²) >= 11 is 0. The molecule has 0 aliphatic rings. The highest BCUT2D eigenvalue weighted by atomic mass is 16.5. The summed E-state index contributed by atoms with van der Waals surface area (Å²) in [5, 5.41) is 14.5. The van der Waals surface area contributed by atoms with Crippen molar-refractivity contribution in [3.8, 4) is 5.75 Å². The lowest BCUT2D eigenvalue weighted by atomic mass is 10.1. The zero-order valence-corrected chi connectivity index (χ0v) is 15.7. The highest BCUT2D eigenvalue weighted by Gasteiger charge is 2.03. The third-order valence-electron chi connectivity index (χ3n) is 3.83. The van der Waals surface area contributed by atoms with E-state index in [-0.39, 0.29) is 6.10 Å². The van der Waals surface area contributed by atoms with E-state index in [4.69, 9.17) is 4.74 Å². The molecule has 0 saturated carbocycles. The monoisotopic (exact) mass is 363 g/mol. The van der Waals surface area contributed by atoms with Crippen LogP contribution < -0.4 is 15.4 Å². The first-order chi connectivity index (χ1) is 13.2. The van der Waals surface area contributed by atoms with Crippen molar-refractivity contribution in [3.63, 3.8) is 0 Å². The summed E-state index contributed by atoms with van der Waals surface area (Å²) in [6, 6.07) is 18.2. The van der Waals surface area contributed by atoms with Crippen LogP contribution in [0.1, 0.15) is 25.8 Å². The van der Waals surface area contributed by atoms with Gasteiger partial charge in [-0.3, -0.25) is 0 Å². The fourth-order valence-corrected chi connectivity index (χ4v) is 2.61. The first-order valence-electron chi connectivity index (χ1n) is 9.20. The van der Waals surface area contributed by atoms with Crippen LogP contribution in [-0.4, -0.2) is 27.8 Å². The van der Waals surface area contributed by atoms with Crippen LogP contribution in [-0.2, 0) is 6.42 Å². The number of rotatable bonds is 9. The fourth-order valence-electron chi connectivity index (χ4n) is 2.61. The zero-order valence-electron chi connectivity index (χ0n) is 15.7. The maximum Gasteiger partial charge on any atom is 0.244 e. The highest BCUT2D eigenvalue weighted by molar-refractivity contribution is 5.57. The van der Waals surface area contributed by atoms with Crippen molar-refractivity contribution in [2.24, 2.45) is 0 Å². The molecule has 27 heavy (non-hydrogen) atoms. The lowest BCUT2D eigenvalue weighted by molar-refractivity contribution is 0.242. The molecule has 0 unspecified atom stereocenters. The minimum atomic E-state index is 0.158. The molecule has 0 aliphatic heterocycles. The molecule has 0 fully saturated rings. The number of anilines is 3. The van der Waals surface area contributed by atoms with Crippen LogP contribution >= 0.6 is 0 Å². The smallest absolute Gasteiger partial charge is 0.244 e. The van der Waals surface area contributed by atoms with E-state index in [1.54, 1.807) is 6.20 Å². The van der Waals surface area contributed by atoms with Crippen molar-refractivity contribution in [1.29, 1.82) is 0 Å². The summed E-state index contributed by atoms with van der Waals surface area (Å²) in [5.74, 6) is 2.01. The van der Waals surface area contributed by atoms with Gasteiger partial charge in [0.25, 0.3) is 0 Å². The first-order valence-corrected chi connectivity index (χ1v) is 9.20. The molecule has 0 aliphatic carbocycles. The number of benzene rings is 2. The molecule has 2 aromatic carbocycles. The summed E-state index contributed by atoms with van der Waals surface area (Å²) in [6.45, 7) is 4.81. The van der Waals surface area contributed by atoms with Crippen LogP contribution in [0.5, 0.6) is 5.75 Å². The van der Waals surface area contributed by atoms with Crippen molar-refractivity contribution in [3.05, 3.63) is 66.4 Å². The molecule has 6 nitrogen and oxygen atoms in total. The van der Waals surface area contributed by atoms with Gasteiger partial charge in [0.15, 0.2) is 5.82 Å². The molecule has 2 N–H and O–H groups in total. The minimum Gasteiger partial charge on any atom is -0.491 e. The second-order valence-electron chi connectivity index (χ2n) is 6.50. The molecule has 1 heterocycles. The van der Waals surface area contributed by atoms with Gasteiger partial charge < -0.3 is 15.4 Å². The summed E-state index contributed by atoms with van der Waals surface area (Å²) in [4.78, 5) is 4.46. The molecule has 0 saturated heterocycles. The summed E-state index contributed by atoms with van der Waals surface area (Å²) in [5.41, 5.74) is 2.25. The Labute approximate surface area is 160 Å². The molecule has 0 atom stereocenters. The van der Waals surface area contributed by atoms with Gasteiger partial charge in [0, 0.05) is 12.2 Å². The van der Waals surface area contributed by atoms with Crippen LogP contribution in [0, 0.1) is 0 Å². The van der Waals surface area contributed by atoms with Crippen molar-refractivity contribution in [2.75, 3.05) is 17.2 Å². The van der Waals surface area contributed by atoms with Gasteiger partial charge in [0.1, 0.15) is 5.75 Å². The summed E-state index contributed by atoms with van der Waals surface area (Å²) in [6.07, 6.45) is 3.78. The molecule has 0 bridgehead atoms. The average molecular weight is 363 g/mol. The Morgan fingerprint density at radius 2 is 1.78 bits per heavy atom. The lowest BCUT2D eigenvalue weighted by Crippen LogP contribution is -2.08. The number of aromatic nitrogens is 3. The zero-order chi connectivity index (χ0) is 18.9. The normalized spacial score (nSPS) is 10.6. The fraction of sp³-hybridized carbons (Fsp3) is 0.286. The van der Waals surface area contributed by atoms with Crippen molar-refractivity contribution < 1.29 is 4.74 Å². The predicted molar refractivity (Wildman–Crippen MR) is 109 cm³/mol. The van der Waals surface area contributed by atoms with E-state index >= 15 is 0 Å². The Morgan fingerprint density at radius 3 is 2.52 bits per heavy atom. The first kappa shape index (κ1) is 18.6. The van der Waals surface area contributed by atoms with E-state index in [2.05, 4.69) is 50.1 Å². The molecular formula is C21H25N5O. The van der Waals surface area contributed by atoms with E-state index in [1.165, 1.54) is 5.56 Å². The van der Waals surface area contributed by atoms with Gasteiger partial charge in [0.2, 0.25) is 5.95 Å². The van der Waals surface area contributed by atoms with Crippen LogP contribution in [0.3, 0.4) is 0 Å². The Kier molecular flexibility index (Phi) is 6.57. The van der Waals surface area contributed by atoms with E-state index in [0.717, 1.165) is 30.8 Å². The van der Waals surface area contributed by atoms with Crippen LogP contribution in [0.2, 0.25) is 0 Å². The molecule has 0 amide bonds. The third kappa shape index (κ3) is 6.26. The summed E-state index contributed by atoms with van der Waals surface area (Å²) < 4.78 is 5.65. The van der Waals surface area contributed by atoms with Gasteiger partial charge in [-0.25, -0.2) is 0 Å². The molecule has 0 spiro atoms. The molecule has 140 valence electrons. The Morgan fingerprint density at radius 1 is 1.00 bits per heavy atom. The molecule has 6 heteroatoms. The van der Waals surface area contributed by atoms with Gasteiger partial charge in [-0.05, 0) is 56.5 Å². The molecule has 3 aromatic rings. The average Bonchev–Trinajstić information content (AvgIpc) is 2.68. The number of nitrogens with one attached hydrogen (secondary N) is 2. The Hall–Kier alpha value is -3.15. The number of aryl methyl sites for hydroxylation is 1. The van der Waals surface area contributed by atoms with Crippen molar-refractivity contribution >= 4 is 17.5 Å². The van der Waals surface area contributed by atoms with Gasteiger partial charge in [-0.2, -0.15) is 10.1 Å². The second-order valence-corrected chi connectivity index (χ2v) is 6.50. The molecule has 1 aromatic heterocycles. The van der Waals surface area contributed by atoms with Gasteiger partial charge in [-0.1, -0.05) is 30.3 Å². The minimum absolute atomic E-state index is 0.158. The second kappa shape index (κ2) is 9.52. The van der Waals surface area contributed by atoms with Crippen LogP contribution in [0.4, 0.5) is 17.5 Å². The molecule has 3 rings (SSSR count). The number of hydrogen-bond donors (Lipinski definition) is 2. The topological polar surface area (TPSA) is 72.0 Å². The van der Waals surface area contributed by atoms with Gasteiger partial charge >= 0.3 is 0 Å². The predicted octanol–water partition coefficient (Wildman–Crippen LogP) is 4.45. The largest absolute Gasteiger partial charge is 0.491 e. The number of hydrogen-bond acceptors (Lipinski definition) is 6. The number of nitrogens with zero attached hydrogens (tertiary/aromatic N) is 3. The van der Waals surface area contributed by atoms with Gasteiger partial charge in [-0.15, -0.1) is 5.10 Å². The number of ether oxygens (including phenoxy) is 1. The third-order valence-corrected chi connectivity index (χ3v) is 3.83. The van der Waals surface area contributed by atoms with E-state index in [9.17, 15) is 0 Å². The van der Waals surface area contributed by atoms with Crippen molar-refractivity contribution in [1.82, 2.24) is 15.2 Å². The highest BCUT2D eigenvalue weighted by Crippen LogP contribution is 2.19. The van der Waals surface area contributed by atoms with Crippen LogP contribution in [0.25, 0.3) is 0 Å². The maximum atomic E-state index is 5.65. The Balaban J connectivity index is 1.49. The maximum absolute atomic E-state index is 5.65. The lowest BCUT2D eigenvalue weighted by Gasteiger charge is -2.11. The van der Waals surface area contributed by atoms with E-state index in [0.29, 0.717) is 11.8 Å². The Bertz CT molecular complexity index is 821. The molecule has 0 radical (unpaired) electrons. The standard InChI is InChI=1S/C21H25N5O/c1-16(2)27-19-12-10-18(11-13-19)24-20-15-23-26-21(25-20)22-14-6-9-17-7-4-3-5-8-17/h3-5,7-8,10-13,15-16H,6,9,14H2,1-2H3,(H2,22,24,25,26). The van der Waals surface area contributed by atoms with E-state index < -0.39 is 0 Å². The quantitative estimate of drug-likeness (QED) is 0.547. The van der Waals surface area contributed by atoms with Crippen LogP contribution in [0.15, 0.2) is 60.8 Å². The SMILES string of the molecule is CC(C)Oc1ccc(Nc2cnnc(NCCCc3ccccc3)n2)cc1.